The maximum Gasteiger partial charge on any atom is 0.271 e. The molecule has 0 saturated heterocycles. The van der Waals surface area contributed by atoms with E-state index in [4.69, 9.17) is 0 Å². The third-order valence-corrected chi connectivity index (χ3v) is 2.69. The molecule has 0 aliphatic heterocycles. The van der Waals surface area contributed by atoms with E-state index in [-0.39, 0.29) is 5.56 Å². The molecule has 1 aromatic heterocycles. The summed E-state index contributed by atoms with van der Waals surface area (Å²) in [6.45, 7) is 3.08. The minimum absolute atomic E-state index is 0.0663. The van der Waals surface area contributed by atoms with Crippen LogP contribution in [0, 0.1) is 24.4 Å². The van der Waals surface area contributed by atoms with Crippen LogP contribution in [-0.2, 0) is 6.42 Å². The fourth-order valence-corrected chi connectivity index (χ4v) is 1.70. The van der Waals surface area contributed by atoms with Crippen LogP contribution >= 0.6 is 0 Å². The molecular formula is C12H11F3N2O. The van der Waals surface area contributed by atoms with Gasteiger partial charge >= 0.3 is 0 Å². The molecule has 0 radical (unpaired) electrons. The maximum atomic E-state index is 13.8. The third kappa shape index (κ3) is 1.83. The van der Waals surface area contributed by atoms with Gasteiger partial charge in [0.15, 0.2) is 17.5 Å². The average Bonchev–Trinajstić information content (AvgIpc) is 2.69. The highest BCUT2D eigenvalue weighted by Crippen LogP contribution is 2.22. The van der Waals surface area contributed by atoms with Gasteiger partial charge in [0, 0.05) is 11.8 Å². The Hall–Kier alpha value is -1.98. The van der Waals surface area contributed by atoms with Gasteiger partial charge in [0.05, 0.1) is 0 Å². The van der Waals surface area contributed by atoms with Crippen LogP contribution in [0.4, 0.5) is 13.2 Å². The predicted molar refractivity (Wildman–Crippen MR) is 60.4 cm³/mol. The SMILES string of the molecule is CCc1cc(=O)n(-c2c(F)c(C)cc(F)c2F)[nH]1. The van der Waals surface area contributed by atoms with Crippen molar-refractivity contribution >= 4 is 0 Å². The molecule has 3 nitrogen and oxygen atoms in total. The van der Waals surface area contributed by atoms with Crippen LogP contribution in [0.15, 0.2) is 16.9 Å². The molecule has 1 heterocycles. The maximum absolute atomic E-state index is 13.8. The number of aromatic amines is 1. The van der Waals surface area contributed by atoms with Crippen LogP contribution in [0.1, 0.15) is 18.2 Å². The minimum Gasteiger partial charge on any atom is -0.295 e. The molecule has 1 aromatic carbocycles. The predicted octanol–water partition coefficient (Wildman–Crippen LogP) is 2.45. The molecule has 0 aliphatic carbocycles. The lowest BCUT2D eigenvalue weighted by Crippen LogP contribution is -2.18. The van der Waals surface area contributed by atoms with E-state index in [1.165, 1.54) is 13.0 Å². The smallest absolute Gasteiger partial charge is 0.271 e. The quantitative estimate of drug-likeness (QED) is 0.823. The van der Waals surface area contributed by atoms with E-state index < -0.39 is 28.7 Å². The first-order valence-corrected chi connectivity index (χ1v) is 5.41. The molecule has 6 heteroatoms. The van der Waals surface area contributed by atoms with Crippen LogP contribution in [-0.4, -0.2) is 9.78 Å². The second-order valence-corrected chi connectivity index (χ2v) is 3.96. The van der Waals surface area contributed by atoms with E-state index in [1.54, 1.807) is 6.92 Å². The van der Waals surface area contributed by atoms with Gasteiger partial charge in [0.1, 0.15) is 5.69 Å². The van der Waals surface area contributed by atoms with Crippen LogP contribution in [0.5, 0.6) is 0 Å². The van der Waals surface area contributed by atoms with Crippen molar-refractivity contribution in [3.8, 4) is 5.69 Å². The first-order chi connectivity index (χ1) is 8.45. The number of benzene rings is 1. The summed E-state index contributed by atoms with van der Waals surface area (Å²) in [6, 6.07) is 1.97. The number of nitrogens with one attached hydrogen (secondary N) is 1. The zero-order chi connectivity index (χ0) is 13.4. The lowest BCUT2D eigenvalue weighted by atomic mass is 10.2. The number of hydrogen-bond acceptors (Lipinski definition) is 1. The van der Waals surface area contributed by atoms with Crippen LogP contribution < -0.4 is 5.56 Å². The lowest BCUT2D eigenvalue weighted by Gasteiger charge is -2.08. The van der Waals surface area contributed by atoms with Crippen molar-refractivity contribution in [3.63, 3.8) is 0 Å². The molecular weight excluding hydrogens is 245 g/mol. The molecule has 0 unspecified atom stereocenters. The third-order valence-electron chi connectivity index (χ3n) is 2.69. The number of nitrogens with zero attached hydrogens (tertiary/aromatic N) is 1. The van der Waals surface area contributed by atoms with Crippen molar-refractivity contribution in [3.05, 3.63) is 51.2 Å². The Bertz CT molecular complexity index is 632. The van der Waals surface area contributed by atoms with E-state index in [1.807, 2.05) is 0 Å². The molecule has 2 rings (SSSR count). The second-order valence-electron chi connectivity index (χ2n) is 3.96. The number of H-pyrrole nitrogens is 1. The summed E-state index contributed by atoms with van der Waals surface area (Å²) in [4.78, 5) is 11.6. The van der Waals surface area contributed by atoms with Crippen molar-refractivity contribution < 1.29 is 13.2 Å². The number of hydrogen-bond donors (Lipinski definition) is 1. The van der Waals surface area contributed by atoms with Gasteiger partial charge in [-0.15, -0.1) is 0 Å². The van der Waals surface area contributed by atoms with Crippen molar-refractivity contribution in [1.29, 1.82) is 0 Å². The number of aryl methyl sites for hydroxylation is 2. The average molecular weight is 256 g/mol. The van der Waals surface area contributed by atoms with Crippen molar-refractivity contribution in [2.45, 2.75) is 20.3 Å². The normalized spacial score (nSPS) is 10.9. The Morgan fingerprint density at radius 1 is 1.22 bits per heavy atom. The van der Waals surface area contributed by atoms with Crippen molar-refractivity contribution in [2.75, 3.05) is 0 Å². The summed E-state index contributed by atoms with van der Waals surface area (Å²) >= 11 is 0. The van der Waals surface area contributed by atoms with Gasteiger partial charge in [-0.05, 0) is 25.0 Å². The first-order valence-electron chi connectivity index (χ1n) is 5.41. The van der Waals surface area contributed by atoms with Gasteiger partial charge < -0.3 is 0 Å². The molecule has 0 aliphatic rings. The fourth-order valence-electron chi connectivity index (χ4n) is 1.70. The van der Waals surface area contributed by atoms with Gasteiger partial charge in [-0.2, -0.15) is 0 Å². The summed E-state index contributed by atoms with van der Waals surface area (Å²) in [6.07, 6.45) is 0.500. The Balaban J connectivity index is 2.78. The van der Waals surface area contributed by atoms with Gasteiger partial charge in [-0.25, -0.2) is 17.9 Å². The Labute approximate surface area is 101 Å². The summed E-state index contributed by atoms with van der Waals surface area (Å²) in [7, 11) is 0. The zero-order valence-corrected chi connectivity index (χ0v) is 9.85. The van der Waals surface area contributed by atoms with Gasteiger partial charge in [-0.1, -0.05) is 6.92 Å². The van der Waals surface area contributed by atoms with Crippen molar-refractivity contribution in [2.24, 2.45) is 0 Å². The van der Waals surface area contributed by atoms with E-state index in [9.17, 15) is 18.0 Å². The molecule has 0 spiro atoms. The van der Waals surface area contributed by atoms with Gasteiger partial charge in [0.2, 0.25) is 0 Å². The minimum atomic E-state index is -1.38. The second kappa shape index (κ2) is 4.36. The molecule has 2 aromatic rings. The first kappa shape index (κ1) is 12.5. The van der Waals surface area contributed by atoms with E-state index in [2.05, 4.69) is 5.10 Å². The largest absolute Gasteiger partial charge is 0.295 e. The van der Waals surface area contributed by atoms with Crippen LogP contribution in [0.2, 0.25) is 0 Å². The lowest BCUT2D eigenvalue weighted by molar-refractivity contribution is 0.479. The molecule has 0 saturated carbocycles. The number of halogens is 3. The topological polar surface area (TPSA) is 37.8 Å². The van der Waals surface area contributed by atoms with Crippen LogP contribution in [0.3, 0.4) is 0 Å². The molecule has 18 heavy (non-hydrogen) atoms. The summed E-state index contributed by atoms with van der Waals surface area (Å²) in [5.74, 6) is -3.53. The molecule has 1 N–H and O–H groups in total. The molecule has 0 atom stereocenters. The highest BCUT2D eigenvalue weighted by atomic mass is 19.2. The Morgan fingerprint density at radius 2 is 1.89 bits per heavy atom. The fraction of sp³-hybridized carbons (Fsp3) is 0.250. The number of aromatic nitrogens is 2. The molecule has 0 bridgehead atoms. The van der Waals surface area contributed by atoms with E-state index in [0.717, 1.165) is 6.07 Å². The standard InChI is InChI=1S/C12H11F3N2O/c1-3-7-5-9(18)17(16-7)12-10(14)6(2)4-8(13)11(12)15/h4-5,16H,3H2,1-2H3. The highest BCUT2D eigenvalue weighted by molar-refractivity contribution is 5.39. The molecule has 0 fully saturated rings. The molecule has 96 valence electrons. The van der Waals surface area contributed by atoms with Crippen LogP contribution in [0.25, 0.3) is 5.69 Å². The highest BCUT2D eigenvalue weighted by Gasteiger charge is 2.20. The number of rotatable bonds is 2. The Kier molecular flexibility index (Phi) is 3.02. The Morgan fingerprint density at radius 3 is 2.44 bits per heavy atom. The zero-order valence-electron chi connectivity index (χ0n) is 9.85. The summed E-state index contributed by atoms with van der Waals surface area (Å²) in [5.41, 5.74) is -0.893. The monoisotopic (exact) mass is 256 g/mol. The van der Waals surface area contributed by atoms with E-state index >= 15 is 0 Å². The van der Waals surface area contributed by atoms with Crippen molar-refractivity contribution in [1.82, 2.24) is 9.78 Å². The van der Waals surface area contributed by atoms with Gasteiger partial charge in [0.25, 0.3) is 5.56 Å². The molecule has 0 amide bonds. The summed E-state index contributed by atoms with van der Waals surface area (Å²) < 4.78 is 41.4. The van der Waals surface area contributed by atoms with Gasteiger partial charge in [-0.3, -0.25) is 9.89 Å². The summed E-state index contributed by atoms with van der Waals surface area (Å²) in [5, 5.41) is 2.54. The van der Waals surface area contributed by atoms with E-state index in [0.29, 0.717) is 16.8 Å².